The van der Waals surface area contributed by atoms with Crippen LogP contribution in [0.25, 0.3) is 11.4 Å². The fourth-order valence-electron chi connectivity index (χ4n) is 5.33. The fraction of sp³-hybridized carbons (Fsp3) is 0.528. The van der Waals surface area contributed by atoms with Crippen LogP contribution in [0.5, 0.6) is 0 Å². The second-order valence-corrected chi connectivity index (χ2v) is 13.1. The molecule has 3 N–H and O–H groups in total. The summed E-state index contributed by atoms with van der Waals surface area (Å²) in [5, 5.41) is 18.9. The van der Waals surface area contributed by atoms with Crippen LogP contribution in [0.15, 0.2) is 59.6 Å². The highest BCUT2D eigenvalue weighted by Gasteiger charge is 2.20. The van der Waals surface area contributed by atoms with Crippen molar-refractivity contribution in [3.8, 4) is 11.4 Å². The molecule has 0 fully saturated rings. The topological polar surface area (TPSA) is 156 Å². The molecule has 1 heterocycles. The molecule has 2 aromatic carbocycles. The van der Waals surface area contributed by atoms with E-state index in [2.05, 4.69) is 6.92 Å². The summed E-state index contributed by atoms with van der Waals surface area (Å²) in [5.41, 5.74) is 1.56. The third-order valence-electron chi connectivity index (χ3n) is 7.91. The maximum absolute atomic E-state index is 12.4. The van der Waals surface area contributed by atoms with Crippen molar-refractivity contribution < 1.29 is 37.5 Å². The van der Waals surface area contributed by atoms with E-state index in [1.165, 1.54) is 108 Å². The van der Waals surface area contributed by atoms with Gasteiger partial charge in [-0.15, -0.1) is 0 Å². The Bertz CT molecular complexity index is 1450. The lowest BCUT2D eigenvalue weighted by Crippen LogP contribution is -2.10. The van der Waals surface area contributed by atoms with Crippen molar-refractivity contribution in [2.45, 2.75) is 115 Å². The number of rotatable bonds is 21. The zero-order valence-corrected chi connectivity index (χ0v) is 28.7. The molecule has 0 saturated heterocycles. The van der Waals surface area contributed by atoms with Gasteiger partial charge in [-0.1, -0.05) is 109 Å². The minimum absolute atomic E-state index is 0.00652. The molecule has 0 spiro atoms. The number of unbranched alkanes of at least 4 members (excludes halogenated alkanes) is 13. The van der Waals surface area contributed by atoms with Crippen molar-refractivity contribution in [2.24, 2.45) is 0 Å². The predicted molar refractivity (Wildman–Crippen MR) is 183 cm³/mol. The van der Waals surface area contributed by atoms with Crippen LogP contribution in [0.1, 0.15) is 123 Å². The van der Waals surface area contributed by atoms with Crippen molar-refractivity contribution in [1.82, 2.24) is 9.55 Å². The Morgan fingerprint density at radius 3 is 1.85 bits per heavy atom. The number of aromatic nitrogens is 2. The van der Waals surface area contributed by atoms with Gasteiger partial charge in [-0.25, -0.2) is 14.6 Å². The number of nitrogens with zero attached hydrogens (tertiary/aromatic N) is 2. The summed E-state index contributed by atoms with van der Waals surface area (Å²) in [7, 11) is -2.74. The summed E-state index contributed by atoms with van der Waals surface area (Å²) in [5.74, 6) is -1.20. The molecule has 260 valence electrons. The molecule has 0 atom stereocenters. The second-order valence-electron chi connectivity index (χ2n) is 11.7. The number of esters is 1. The van der Waals surface area contributed by atoms with Gasteiger partial charge in [-0.2, -0.15) is 8.42 Å². The van der Waals surface area contributed by atoms with Crippen LogP contribution in [-0.4, -0.2) is 58.4 Å². The van der Waals surface area contributed by atoms with E-state index in [0.717, 1.165) is 25.0 Å². The number of imidazole rings is 1. The molecule has 47 heavy (non-hydrogen) atoms. The number of carbonyl (C=O) groups is 2. The van der Waals surface area contributed by atoms with Crippen LogP contribution in [-0.2, 0) is 27.8 Å². The number of aromatic carboxylic acids is 1. The number of benzene rings is 2. The van der Waals surface area contributed by atoms with E-state index in [0.29, 0.717) is 17.9 Å². The second kappa shape index (κ2) is 22.1. The number of carbonyl (C=O) groups excluding carboxylic acids is 1. The van der Waals surface area contributed by atoms with Gasteiger partial charge in [0, 0.05) is 18.3 Å². The zero-order valence-electron chi connectivity index (χ0n) is 27.9. The van der Waals surface area contributed by atoms with Gasteiger partial charge in [0.15, 0.2) is 0 Å². The van der Waals surface area contributed by atoms with E-state index >= 15 is 0 Å². The summed E-state index contributed by atoms with van der Waals surface area (Å²) in [4.78, 5) is 28.4. The number of ether oxygens (including phenoxy) is 1. The van der Waals surface area contributed by atoms with Crippen molar-refractivity contribution in [2.75, 3.05) is 13.7 Å². The molecule has 3 rings (SSSR count). The van der Waals surface area contributed by atoms with Crippen LogP contribution in [0.3, 0.4) is 0 Å². The van der Waals surface area contributed by atoms with Gasteiger partial charge < -0.3 is 19.5 Å². The monoisotopic (exact) mass is 672 g/mol. The number of aryl methyl sites for hydroxylation is 1. The molecule has 11 heteroatoms. The number of carboxylic acids is 1. The average Bonchev–Trinajstić information content (AvgIpc) is 3.46. The molecule has 0 aliphatic rings. The van der Waals surface area contributed by atoms with E-state index < -0.39 is 22.1 Å². The van der Waals surface area contributed by atoms with E-state index in [4.69, 9.17) is 14.3 Å². The van der Waals surface area contributed by atoms with Crippen LogP contribution in [0, 0.1) is 0 Å². The minimum Gasteiger partial charge on any atom is -0.478 e. The largest absolute Gasteiger partial charge is 0.478 e. The number of aliphatic hydroxyl groups excluding tert-OH is 1. The first-order chi connectivity index (χ1) is 22.6. The Kier molecular flexibility index (Phi) is 18.6. The Balaban J connectivity index is 0.000000651. The lowest BCUT2D eigenvalue weighted by Gasteiger charge is -2.10. The molecular formula is C36H52N2O8S. The molecule has 0 unspecified atom stereocenters. The van der Waals surface area contributed by atoms with Crippen LogP contribution in [0.2, 0.25) is 0 Å². The maximum atomic E-state index is 12.4. The number of carboxylic acid groups (broad SMARTS) is 1. The van der Waals surface area contributed by atoms with Crippen molar-refractivity contribution in [1.29, 1.82) is 0 Å². The maximum Gasteiger partial charge on any atom is 0.338 e. The zero-order chi connectivity index (χ0) is 34.5. The van der Waals surface area contributed by atoms with E-state index in [1.807, 2.05) is 10.8 Å². The Morgan fingerprint density at radius 1 is 0.830 bits per heavy atom. The van der Waals surface area contributed by atoms with Crippen LogP contribution in [0.4, 0.5) is 0 Å². The van der Waals surface area contributed by atoms with E-state index in [9.17, 15) is 28.2 Å². The number of hydrogen-bond donors (Lipinski definition) is 3. The molecule has 0 radical (unpaired) electrons. The highest BCUT2D eigenvalue weighted by atomic mass is 32.2. The average molecular weight is 673 g/mol. The van der Waals surface area contributed by atoms with Crippen molar-refractivity contribution in [3.63, 3.8) is 0 Å². The van der Waals surface area contributed by atoms with Gasteiger partial charge >= 0.3 is 11.9 Å². The van der Waals surface area contributed by atoms with E-state index in [1.54, 1.807) is 24.3 Å². The Hall–Kier alpha value is -3.54. The summed E-state index contributed by atoms with van der Waals surface area (Å²) >= 11 is 0. The molecule has 0 saturated carbocycles. The van der Waals surface area contributed by atoms with Crippen molar-refractivity contribution in [3.05, 3.63) is 71.5 Å². The Morgan fingerprint density at radius 2 is 1.38 bits per heavy atom. The predicted octanol–water partition coefficient (Wildman–Crippen LogP) is 7.98. The first kappa shape index (κ1) is 39.6. The summed E-state index contributed by atoms with van der Waals surface area (Å²) < 4.78 is 35.9. The van der Waals surface area contributed by atoms with Gasteiger partial charge in [-0.05, 0) is 43.2 Å². The molecule has 0 aliphatic heterocycles. The van der Waals surface area contributed by atoms with E-state index in [-0.39, 0.29) is 22.6 Å². The first-order valence-corrected chi connectivity index (χ1v) is 18.2. The van der Waals surface area contributed by atoms with Crippen molar-refractivity contribution >= 4 is 22.1 Å². The first-order valence-electron chi connectivity index (χ1n) is 16.8. The fourth-order valence-corrected chi connectivity index (χ4v) is 5.83. The minimum atomic E-state index is -4.00. The van der Waals surface area contributed by atoms with Gasteiger partial charge in [-0.3, -0.25) is 4.55 Å². The Labute approximate surface area is 280 Å². The van der Waals surface area contributed by atoms with Crippen LogP contribution < -0.4 is 0 Å². The number of aliphatic hydroxyl groups is 1. The highest BCUT2D eigenvalue weighted by molar-refractivity contribution is 7.85. The third-order valence-corrected chi connectivity index (χ3v) is 8.78. The molecule has 1 aromatic heterocycles. The summed E-state index contributed by atoms with van der Waals surface area (Å²) in [6.07, 6.45) is 21.1. The van der Waals surface area contributed by atoms with Gasteiger partial charge in [0.05, 0.1) is 35.4 Å². The highest BCUT2D eigenvalue weighted by Crippen LogP contribution is 2.26. The molecule has 3 aromatic rings. The van der Waals surface area contributed by atoms with Crippen LogP contribution >= 0.6 is 0 Å². The normalized spacial score (nSPS) is 11.1. The SMILES string of the molecule is CCCCCCCCCCCCCCCCc1cn(CCO)c(-c2ccc(C(=O)O)cc2C(=O)OC)n1.O=S(=O)(O)c1ccccc1. The number of hydrogen-bond acceptors (Lipinski definition) is 7. The number of methoxy groups -OCH3 is 1. The molecule has 0 amide bonds. The molecular weight excluding hydrogens is 620 g/mol. The quantitative estimate of drug-likeness (QED) is 0.0580. The lowest BCUT2D eigenvalue weighted by atomic mass is 10.0. The van der Waals surface area contributed by atoms with Gasteiger partial charge in [0.25, 0.3) is 10.1 Å². The summed E-state index contributed by atoms with van der Waals surface area (Å²) in [6, 6.07) is 11.8. The molecule has 0 bridgehead atoms. The molecule has 10 nitrogen and oxygen atoms in total. The third kappa shape index (κ3) is 14.8. The lowest BCUT2D eigenvalue weighted by molar-refractivity contribution is 0.0601. The van der Waals surface area contributed by atoms with Gasteiger partial charge in [0.1, 0.15) is 5.82 Å². The molecule has 0 aliphatic carbocycles. The smallest absolute Gasteiger partial charge is 0.338 e. The summed E-state index contributed by atoms with van der Waals surface area (Å²) in [6.45, 7) is 2.53. The standard InChI is InChI=1S/C30H46N2O5.C6H6O3S/c1-3-4-5-6-7-8-9-10-11-12-13-14-15-16-17-25-23-32(20-21-33)28(31-25)26-19-18-24(29(34)35)22-27(26)30(36)37-2;7-10(8,9)6-4-2-1-3-5-6/h18-19,22-23,33H,3-17,20-21H2,1-2H3,(H,34,35);1-5H,(H,7,8,9). The van der Waals surface area contributed by atoms with Gasteiger partial charge in [0.2, 0.25) is 0 Å².